The maximum absolute atomic E-state index is 12.5. The Kier molecular flexibility index (Phi) is 4.76. The molecule has 0 aliphatic heterocycles. The molecular formula is C20H17N5OS. The van der Waals surface area contributed by atoms with Crippen LogP contribution < -0.4 is 5.32 Å². The third-order valence-corrected chi connectivity index (χ3v) is 5.04. The lowest BCUT2D eigenvalue weighted by molar-refractivity contribution is 0.0950. The van der Waals surface area contributed by atoms with Crippen LogP contribution in [0.2, 0.25) is 0 Å². The maximum atomic E-state index is 12.5. The fourth-order valence-corrected chi connectivity index (χ4v) is 3.51. The molecule has 6 nitrogen and oxygen atoms in total. The average molecular weight is 375 g/mol. The second kappa shape index (κ2) is 7.51. The van der Waals surface area contributed by atoms with Crippen molar-refractivity contribution in [2.45, 2.75) is 6.54 Å². The Morgan fingerprint density at radius 1 is 1.11 bits per heavy atom. The molecule has 1 N–H and O–H groups in total. The van der Waals surface area contributed by atoms with E-state index in [1.165, 1.54) is 4.88 Å². The number of aryl methyl sites for hydroxylation is 1. The van der Waals surface area contributed by atoms with Gasteiger partial charge in [-0.1, -0.05) is 18.2 Å². The number of nitrogens with zero attached hydrogens (tertiary/aromatic N) is 4. The fourth-order valence-electron chi connectivity index (χ4n) is 2.78. The van der Waals surface area contributed by atoms with Crippen LogP contribution in [0.4, 0.5) is 0 Å². The summed E-state index contributed by atoms with van der Waals surface area (Å²) in [7, 11) is 1.85. The first kappa shape index (κ1) is 17.1. The summed E-state index contributed by atoms with van der Waals surface area (Å²) in [6.45, 7) is 0.295. The van der Waals surface area contributed by atoms with Crippen molar-refractivity contribution in [3.05, 3.63) is 77.8 Å². The lowest BCUT2D eigenvalue weighted by atomic mass is 10.1. The van der Waals surface area contributed by atoms with Gasteiger partial charge in [0.15, 0.2) is 0 Å². The van der Waals surface area contributed by atoms with Crippen molar-refractivity contribution in [1.29, 1.82) is 0 Å². The molecule has 0 fully saturated rings. The van der Waals surface area contributed by atoms with E-state index in [9.17, 15) is 4.79 Å². The van der Waals surface area contributed by atoms with E-state index < -0.39 is 0 Å². The number of amides is 1. The highest BCUT2D eigenvalue weighted by atomic mass is 32.1. The minimum Gasteiger partial charge on any atom is -0.346 e. The number of thiophene rings is 1. The molecule has 3 heterocycles. The van der Waals surface area contributed by atoms with Gasteiger partial charge in [0, 0.05) is 41.6 Å². The summed E-state index contributed by atoms with van der Waals surface area (Å²) in [5, 5.41) is 9.13. The van der Waals surface area contributed by atoms with Crippen molar-refractivity contribution in [3.63, 3.8) is 0 Å². The average Bonchev–Trinajstić information content (AvgIpc) is 3.38. The normalized spacial score (nSPS) is 10.7. The van der Waals surface area contributed by atoms with Crippen LogP contribution in [-0.4, -0.2) is 25.7 Å². The summed E-state index contributed by atoms with van der Waals surface area (Å²) in [6, 6.07) is 11.7. The third-order valence-electron chi connectivity index (χ3n) is 4.12. The number of rotatable bonds is 5. The first-order valence-corrected chi connectivity index (χ1v) is 9.30. The highest BCUT2D eigenvalue weighted by Crippen LogP contribution is 2.24. The van der Waals surface area contributed by atoms with Crippen LogP contribution in [0.1, 0.15) is 16.1 Å². The van der Waals surface area contributed by atoms with Crippen molar-refractivity contribution in [1.82, 2.24) is 25.1 Å². The zero-order valence-corrected chi connectivity index (χ0v) is 15.5. The minimum atomic E-state index is -0.143. The Morgan fingerprint density at radius 2 is 1.93 bits per heavy atom. The van der Waals surface area contributed by atoms with Gasteiger partial charge in [-0.25, -0.2) is 0 Å². The Morgan fingerprint density at radius 3 is 2.63 bits per heavy atom. The maximum Gasteiger partial charge on any atom is 0.251 e. The molecule has 3 aromatic heterocycles. The van der Waals surface area contributed by atoms with Gasteiger partial charge >= 0.3 is 0 Å². The van der Waals surface area contributed by atoms with Gasteiger partial charge in [-0.15, -0.1) is 11.3 Å². The largest absolute Gasteiger partial charge is 0.346 e. The SMILES string of the molecule is Cn1cc(-c2nccnc2CNC(=O)c2ccc(-c3cccs3)cc2)cn1. The summed E-state index contributed by atoms with van der Waals surface area (Å²) in [6.07, 6.45) is 6.87. The first-order valence-electron chi connectivity index (χ1n) is 8.42. The fraction of sp³-hybridized carbons (Fsp3) is 0.100. The molecule has 1 amide bonds. The van der Waals surface area contributed by atoms with Crippen LogP contribution in [0.5, 0.6) is 0 Å². The molecule has 0 aliphatic carbocycles. The third kappa shape index (κ3) is 3.78. The molecule has 0 saturated carbocycles. The molecule has 0 radical (unpaired) electrons. The summed E-state index contributed by atoms with van der Waals surface area (Å²) >= 11 is 1.68. The molecule has 0 atom stereocenters. The number of aromatic nitrogens is 4. The van der Waals surface area contributed by atoms with E-state index in [2.05, 4.69) is 26.4 Å². The standard InChI is InChI=1S/C20H17N5OS/c1-25-13-16(11-24-25)19-17(21-8-9-22-19)12-23-20(26)15-6-4-14(5-7-15)18-3-2-10-27-18/h2-11,13H,12H2,1H3,(H,23,26). The number of hydrogen-bond acceptors (Lipinski definition) is 5. The Labute approximate surface area is 160 Å². The number of carbonyl (C=O) groups excluding carboxylic acids is 1. The van der Waals surface area contributed by atoms with Crippen molar-refractivity contribution in [3.8, 4) is 21.7 Å². The molecule has 0 saturated heterocycles. The quantitative estimate of drug-likeness (QED) is 0.579. The van der Waals surface area contributed by atoms with Crippen molar-refractivity contribution in [2.24, 2.45) is 7.05 Å². The van der Waals surface area contributed by atoms with Crippen molar-refractivity contribution in [2.75, 3.05) is 0 Å². The molecule has 0 unspecified atom stereocenters. The van der Waals surface area contributed by atoms with Gasteiger partial charge in [0.2, 0.25) is 0 Å². The number of hydrogen-bond donors (Lipinski definition) is 1. The zero-order chi connectivity index (χ0) is 18.6. The molecule has 7 heteroatoms. The molecule has 1 aromatic carbocycles. The number of nitrogens with one attached hydrogen (secondary N) is 1. The van der Waals surface area contributed by atoms with Crippen LogP contribution in [-0.2, 0) is 13.6 Å². The van der Waals surface area contributed by atoms with Crippen molar-refractivity contribution < 1.29 is 4.79 Å². The Balaban J connectivity index is 1.47. The van der Waals surface area contributed by atoms with E-state index >= 15 is 0 Å². The summed E-state index contributed by atoms with van der Waals surface area (Å²) in [4.78, 5) is 22.4. The zero-order valence-electron chi connectivity index (χ0n) is 14.7. The van der Waals surface area contributed by atoms with Crippen LogP contribution >= 0.6 is 11.3 Å². The Bertz CT molecular complexity index is 1050. The summed E-state index contributed by atoms with van der Waals surface area (Å²) in [5.74, 6) is -0.143. The molecule has 0 bridgehead atoms. The van der Waals surface area contributed by atoms with Gasteiger partial charge < -0.3 is 5.32 Å². The van der Waals surface area contributed by atoms with Gasteiger partial charge in [0.1, 0.15) is 0 Å². The highest BCUT2D eigenvalue weighted by Gasteiger charge is 2.12. The van der Waals surface area contributed by atoms with E-state index in [1.807, 2.05) is 49.0 Å². The molecule has 4 rings (SSSR count). The lowest BCUT2D eigenvalue weighted by Crippen LogP contribution is -2.23. The number of carbonyl (C=O) groups is 1. The van der Waals surface area contributed by atoms with Crippen LogP contribution in [0.3, 0.4) is 0 Å². The molecule has 0 aliphatic rings. The molecular weight excluding hydrogens is 358 g/mol. The first-order chi connectivity index (χ1) is 13.2. The van der Waals surface area contributed by atoms with Gasteiger partial charge in [-0.05, 0) is 29.1 Å². The Hall–Kier alpha value is -3.32. The summed E-state index contributed by atoms with van der Waals surface area (Å²) < 4.78 is 1.71. The van der Waals surface area contributed by atoms with Gasteiger partial charge in [0.25, 0.3) is 5.91 Å². The molecule has 27 heavy (non-hydrogen) atoms. The van der Waals surface area contributed by atoms with Crippen LogP contribution in [0.25, 0.3) is 21.7 Å². The van der Waals surface area contributed by atoms with E-state index in [0.717, 1.165) is 16.8 Å². The topological polar surface area (TPSA) is 72.7 Å². The predicted octanol–water partition coefficient (Wildman–Crippen LogP) is 3.54. The highest BCUT2D eigenvalue weighted by molar-refractivity contribution is 7.13. The molecule has 134 valence electrons. The van der Waals surface area contributed by atoms with E-state index in [0.29, 0.717) is 17.8 Å². The van der Waals surface area contributed by atoms with E-state index in [-0.39, 0.29) is 5.91 Å². The second-order valence-electron chi connectivity index (χ2n) is 5.99. The monoisotopic (exact) mass is 375 g/mol. The van der Waals surface area contributed by atoms with Gasteiger partial charge in [0.05, 0.1) is 24.1 Å². The lowest BCUT2D eigenvalue weighted by Gasteiger charge is -2.08. The number of benzene rings is 1. The van der Waals surface area contributed by atoms with E-state index in [1.54, 1.807) is 34.6 Å². The smallest absolute Gasteiger partial charge is 0.251 e. The second-order valence-corrected chi connectivity index (χ2v) is 6.94. The van der Waals surface area contributed by atoms with Gasteiger partial charge in [-0.2, -0.15) is 5.10 Å². The molecule has 4 aromatic rings. The summed E-state index contributed by atoms with van der Waals surface area (Å²) in [5.41, 5.74) is 4.01. The van der Waals surface area contributed by atoms with Crippen molar-refractivity contribution >= 4 is 17.2 Å². The van der Waals surface area contributed by atoms with Crippen LogP contribution in [0.15, 0.2) is 66.6 Å². The van der Waals surface area contributed by atoms with Gasteiger partial charge in [-0.3, -0.25) is 19.4 Å². The van der Waals surface area contributed by atoms with Crippen LogP contribution in [0, 0.1) is 0 Å². The molecule has 0 spiro atoms. The predicted molar refractivity (Wildman–Crippen MR) is 105 cm³/mol. The minimum absolute atomic E-state index is 0.143. The van der Waals surface area contributed by atoms with E-state index in [4.69, 9.17) is 0 Å².